The van der Waals surface area contributed by atoms with E-state index in [4.69, 9.17) is 5.73 Å². The maximum absolute atomic E-state index is 5.97. The van der Waals surface area contributed by atoms with Crippen molar-refractivity contribution in [2.75, 3.05) is 18.8 Å². The molecule has 2 aliphatic carbocycles. The molecule has 3 nitrogen and oxygen atoms in total. The molecule has 0 radical (unpaired) electrons. The Balaban J connectivity index is 1.63. The van der Waals surface area contributed by atoms with Gasteiger partial charge in [0.1, 0.15) is 0 Å². The van der Waals surface area contributed by atoms with Crippen molar-refractivity contribution in [3.05, 3.63) is 24.0 Å². The third-order valence-electron chi connectivity index (χ3n) is 3.73. The summed E-state index contributed by atoms with van der Waals surface area (Å²) in [6.45, 7) is 3.42. The van der Waals surface area contributed by atoms with Crippen molar-refractivity contribution in [2.45, 2.75) is 32.2 Å². The summed E-state index contributed by atoms with van der Waals surface area (Å²) in [5.41, 5.74) is 7.86. The Labute approximate surface area is 103 Å². The van der Waals surface area contributed by atoms with Crippen LogP contribution in [0.2, 0.25) is 0 Å². The van der Waals surface area contributed by atoms with Crippen LogP contribution in [0, 0.1) is 11.8 Å². The van der Waals surface area contributed by atoms with Crippen molar-refractivity contribution in [1.82, 2.24) is 9.88 Å². The molecule has 3 rings (SSSR count). The molecule has 17 heavy (non-hydrogen) atoms. The maximum Gasteiger partial charge on any atom is 0.0772 e. The number of nitrogen functional groups attached to an aromatic ring is 1. The monoisotopic (exact) mass is 231 g/mol. The van der Waals surface area contributed by atoms with Crippen molar-refractivity contribution < 1.29 is 0 Å². The van der Waals surface area contributed by atoms with E-state index in [1.165, 1.54) is 38.8 Å². The molecule has 1 heterocycles. The number of rotatable bonds is 6. The first kappa shape index (κ1) is 11.0. The Morgan fingerprint density at radius 1 is 1.18 bits per heavy atom. The largest absolute Gasteiger partial charge is 0.397 e. The molecule has 0 amide bonds. The third kappa shape index (κ3) is 3.19. The van der Waals surface area contributed by atoms with Crippen LogP contribution in [-0.2, 0) is 6.54 Å². The number of pyridine rings is 1. The smallest absolute Gasteiger partial charge is 0.0772 e. The van der Waals surface area contributed by atoms with Gasteiger partial charge < -0.3 is 5.73 Å². The first-order valence-electron chi connectivity index (χ1n) is 6.73. The first-order chi connectivity index (χ1) is 8.31. The van der Waals surface area contributed by atoms with E-state index >= 15 is 0 Å². The molecule has 0 unspecified atom stereocenters. The molecule has 2 fully saturated rings. The number of aromatic nitrogens is 1. The summed E-state index contributed by atoms with van der Waals surface area (Å²) < 4.78 is 0. The standard InChI is InChI=1S/C14H21N3/c15-13-2-1-7-16-14(13)10-17(8-11-3-4-11)9-12-5-6-12/h1-2,7,11-12H,3-6,8-10,15H2. The van der Waals surface area contributed by atoms with Crippen LogP contribution in [0.4, 0.5) is 5.69 Å². The van der Waals surface area contributed by atoms with Crippen molar-refractivity contribution in [1.29, 1.82) is 0 Å². The summed E-state index contributed by atoms with van der Waals surface area (Å²) >= 11 is 0. The van der Waals surface area contributed by atoms with Gasteiger partial charge in [-0.1, -0.05) is 0 Å². The predicted molar refractivity (Wildman–Crippen MR) is 69.4 cm³/mol. The van der Waals surface area contributed by atoms with E-state index in [1.807, 2.05) is 18.3 Å². The van der Waals surface area contributed by atoms with Crippen LogP contribution in [0.5, 0.6) is 0 Å². The zero-order chi connectivity index (χ0) is 11.7. The molecule has 2 N–H and O–H groups in total. The lowest BCUT2D eigenvalue weighted by atomic mass is 10.2. The van der Waals surface area contributed by atoms with Gasteiger partial charge in [-0.2, -0.15) is 0 Å². The Morgan fingerprint density at radius 2 is 1.82 bits per heavy atom. The Bertz CT molecular complexity index is 369. The summed E-state index contributed by atoms with van der Waals surface area (Å²) in [5.74, 6) is 1.89. The van der Waals surface area contributed by atoms with Gasteiger partial charge in [-0.15, -0.1) is 0 Å². The van der Waals surface area contributed by atoms with E-state index in [9.17, 15) is 0 Å². The van der Waals surface area contributed by atoms with E-state index in [2.05, 4.69) is 9.88 Å². The van der Waals surface area contributed by atoms with E-state index in [0.29, 0.717) is 0 Å². The Kier molecular flexibility index (Phi) is 3.02. The minimum absolute atomic E-state index is 0.837. The van der Waals surface area contributed by atoms with E-state index < -0.39 is 0 Å². The van der Waals surface area contributed by atoms with Crippen molar-refractivity contribution >= 4 is 5.69 Å². The fourth-order valence-corrected chi connectivity index (χ4v) is 2.33. The highest BCUT2D eigenvalue weighted by molar-refractivity contribution is 5.41. The van der Waals surface area contributed by atoms with Gasteiger partial charge in [-0.3, -0.25) is 9.88 Å². The second kappa shape index (κ2) is 4.65. The van der Waals surface area contributed by atoms with Crippen LogP contribution in [0.25, 0.3) is 0 Å². The molecule has 1 aromatic heterocycles. The SMILES string of the molecule is Nc1cccnc1CN(CC1CC1)CC1CC1. The minimum Gasteiger partial charge on any atom is -0.397 e. The van der Waals surface area contributed by atoms with Crippen molar-refractivity contribution in [3.63, 3.8) is 0 Å². The molecule has 0 saturated heterocycles. The van der Waals surface area contributed by atoms with Crippen LogP contribution in [0.3, 0.4) is 0 Å². The lowest BCUT2D eigenvalue weighted by molar-refractivity contribution is 0.242. The molecule has 0 aromatic carbocycles. The normalized spacial score (nSPS) is 19.8. The average Bonchev–Trinajstić information content (AvgIpc) is 3.17. The lowest BCUT2D eigenvalue weighted by Crippen LogP contribution is -2.28. The molecule has 2 saturated carbocycles. The molecule has 0 atom stereocenters. The molecule has 0 spiro atoms. The highest BCUT2D eigenvalue weighted by Crippen LogP contribution is 2.34. The molecule has 2 aliphatic rings. The highest BCUT2D eigenvalue weighted by atomic mass is 15.1. The second-order valence-corrected chi connectivity index (χ2v) is 5.62. The summed E-state index contributed by atoms with van der Waals surface area (Å²) in [5, 5.41) is 0. The van der Waals surface area contributed by atoms with Gasteiger partial charge in [-0.05, 0) is 49.7 Å². The summed E-state index contributed by atoms with van der Waals surface area (Å²) in [4.78, 5) is 6.97. The number of nitrogens with two attached hydrogens (primary N) is 1. The first-order valence-corrected chi connectivity index (χ1v) is 6.73. The molecular formula is C14H21N3. The van der Waals surface area contributed by atoms with Crippen LogP contribution < -0.4 is 5.73 Å². The zero-order valence-electron chi connectivity index (χ0n) is 10.3. The predicted octanol–water partition coefficient (Wildman–Crippen LogP) is 2.29. The number of nitrogens with zero attached hydrogens (tertiary/aromatic N) is 2. The van der Waals surface area contributed by atoms with E-state index in [1.54, 1.807) is 0 Å². The van der Waals surface area contributed by atoms with Gasteiger partial charge in [0.2, 0.25) is 0 Å². The minimum atomic E-state index is 0.837. The lowest BCUT2D eigenvalue weighted by Gasteiger charge is -2.22. The Morgan fingerprint density at radius 3 is 2.35 bits per heavy atom. The van der Waals surface area contributed by atoms with Crippen LogP contribution >= 0.6 is 0 Å². The van der Waals surface area contributed by atoms with Crippen molar-refractivity contribution in [2.24, 2.45) is 11.8 Å². The van der Waals surface area contributed by atoms with Gasteiger partial charge >= 0.3 is 0 Å². The fourth-order valence-electron chi connectivity index (χ4n) is 2.33. The molecule has 3 heteroatoms. The maximum atomic E-state index is 5.97. The second-order valence-electron chi connectivity index (χ2n) is 5.62. The molecule has 1 aromatic rings. The van der Waals surface area contributed by atoms with Gasteiger partial charge in [0.05, 0.1) is 11.4 Å². The topological polar surface area (TPSA) is 42.1 Å². The van der Waals surface area contributed by atoms with E-state index in [-0.39, 0.29) is 0 Å². The number of hydrogen-bond acceptors (Lipinski definition) is 3. The molecular weight excluding hydrogens is 210 g/mol. The summed E-state index contributed by atoms with van der Waals surface area (Å²) in [6, 6.07) is 3.86. The van der Waals surface area contributed by atoms with Crippen molar-refractivity contribution in [3.8, 4) is 0 Å². The third-order valence-corrected chi connectivity index (χ3v) is 3.73. The number of hydrogen-bond donors (Lipinski definition) is 1. The highest BCUT2D eigenvalue weighted by Gasteiger charge is 2.29. The van der Waals surface area contributed by atoms with Gasteiger partial charge in [0.25, 0.3) is 0 Å². The van der Waals surface area contributed by atoms with Crippen LogP contribution in [0.1, 0.15) is 31.4 Å². The number of anilines is 1. The van der Waals surface area contributed by atoms with E-state index in [0.717, 1.165) is 29.8 Å². The fraction of sp³-hybridized carbons (Fsp3) is 0.643. The average molecular weight is 231 g/mol. The summed E-state index contributed by atoms with van der Waals surface area (Å²) in [7, 11) is 0. The zero-order valence-corrected chi connectivity index (χ0v) is 10.3. The molecule has 0 bridgehead atoms. The quantitative estimate of drug-likeness (QED) is 0.816. The Hall–Kier alpha value is -1.09. The van der Waals surface area contributed by atoms with Crippen LogP contribution in [-0.4, -0.2) is 23.0 Å². The summed E-state index contributed by atoms with van der Waals surface area (Å²) in [6.07, 6.45) is 7.51. The van der Waals surface area contributed by atoms with Gasteiger partial charge in [-0.25, -0.2) is 0 Å². The molecule has 92 valence electrons. The van der Waals surface area contributed by atoms with Gasteiger partial charge in [0.15, 0.2) is 0 Å². The van der Waals surface area contributed by atoms with Crippen LogP contribution in [0.15, 0.2) is 18.3 Å². The van der Waals surface area contributed by atoms with Gasteiger partial charge in [0, 0.05) is 25.8 Å². The molecule has 0 aliphatic heterocycles.